The zero-order chi connectivity index (χ0) is 18.4. The third-order valence-electron chi connectivity index (χ3n) is 4.10. The first kappa shape index (κ1) is 16.6. The van der Waals surface area contributed by atoms with Gasteiger partial charge in [-0.3, -0.25) is 4.79 Å². The van der Waals surface area contributed by atoms with E-state index in [1.807, 2.05) is 6.92 Å². The minimum Gasteiger partial charge on any atom is -0.358 e. The molecule has 2 aromatic heterocycles. The molecular formula is C18H12F3N3OS. The summed E-state index contributed by atoms with van der Waals surface area (Å²) in [5.41, 5.74) is 2.48. The molecule has 1 amide bonds. The van der Waals surface area contributed by atoms with E-state index in [9.17, 15) is 18.0 Å². The summed E-state index contributed by atoms with van der Waals surface area (Å²) in [5.74, 6) is -2.68. The quantitative estimate of drug-likeness (QED) is 0.546. The van der Waals surface area contributed by atoms with Crippen molar-refractivity contribution >= 4 is 43.5 Å². The number of anilines is 1. The van der Waals surface area contributed by atoms with Crippen LogP contribution in [0.15, 0.2) is 30.3 Å². The highest BCUT2D eigenvalue weighted by Gasteiger charge is 2.15. The number of hydrogen-bond acceptors (Lipinski definition) is 3. The van der Waals surface area contributed by atoms with Gasteiger partial charge in [0.05, 0.1) is 16.6 Å². The SMILES string of the molecule is Cc1[nH]c2ccc(F)cc2c1CC(=O)Nc1nc2cc(F)c(F)cc2s1. The molecule has 132 valence electrons. The molecule has 0 spiro atoms. The molecule has 8 heteroatoms. The first-order chi connectivity index (χ1) is 12.4. The average molecular weight is 375 g/mol. The van der Waals surface area contributed by atoms with Crippen LogP contribution in [0, 0.1) is 24.4 Å². The number of amides is 1. The van der Waals surface area contributed by atoms with Crippen LogP contribution in [0.5, 0.6) is 0 Å². The molecule has 26 heavy (non-hydrogen) atoms. The van der Waals surface area contributed by atoms with Crippen LogP contribution in [0.2, 0.25) is 0 Å². The van der Waals surface area contributed by atoms with Crippen LogP contribution in [-0.4, -0.2) is 15.9 Å². The Morgan fingerprint density at radius 1 is 1.19 bits per heavy atom. The van der Waals surface area contributed by atoms with Crippen molar-refractivity contribution in [3.05, 3.63) is 59.0 Å². The lowest BCUT2D eigenvalue weighted by Crippen LogP contribution is -2.14. The van der Waals surface area contributed by atoms with Gasteiger partial charge in [0.1, 0.15) is 5.82 Å². The van der Waals surface area contributed by atoms with Gasteiger partial charge in [-0.05, 0) is 36.8 Å². The fourth-order valence-electron chi connectivity index (χ4n) is 2.88. The van der Waals surface area contributed by atoms with E-state index in [2.05, 4.69) is 15.3 Å². The number of halogens is 3. The Morgan fingerprint density at radius 3 is 2.77 bits per heavy atom. The van der Waals surface area contributed by atoms with Gasteiger partial charge < -0.3 is 10.3 Å². The number of rotatable bonds is 3. The molecular weight excluding hydrogens is 363 g/mol. The Kier molecular flexibility index (Phi) is 3.91. The first-order valence-electron chi connectivity index (χ1n) is 7.73. The van der Waals surface area contributed by atoms with E-state index < -0.39 is 11.6 Å². The lowest BCUT2D eigenvalue weighted by atomic mass is 10.1. The van der Waals surface area contributed by atoms with Crippen molar-refractivity contribution in [2.24, 2.45) is 0 Å². The number of hydrogen-bond donors (Lipinski definition) is 2. The predicted molar refractivity (Wildman–Crippen MR) is 94.9 cm³/mol. The monoisotopic (exact) mass is 375 g/mol. The normalized spacial score (nSPS) is 11.4. The van der Waals surface area contributed by atoms with Gasteiger partial charge in [-0.2, -0.15) is 0 Å². The lowest BCUT2D eigenvalue weighted by molar-refractivity contribution is -0.115. The van der Waals surface area contributed by atoms with E-state index >= 15 is 0 Å². The van der Waals surface area contributed by atoms with Gasteiger partial charge in [-0.1, -0.05) is 11.3 Å². The second kappa shape index (κ2) is 6.14. The van der Waals surface area contributed by atoms with Gasteiger partial charge in [-0.15, -0.1) is 0 Å². The van der Waals surface area contributed by atoms with Crippen LogP contribution in [0.4, 0.5) is 18.3 Å². The Balaban J connectivity index is 1.60. The average Bonchev–Trinajstić information content (AvgIpc) is 3.08. The molecule has 4 rings (SSSR count). The Morgan fingerprint density at radius 2 is 1.96 bits per heavy atom. The van der Waals surface area contributed by atoms with Gasteiger partial charge in [0.2, 0.25) is 5.91 Å². The van der Waals surface area contributed by atoms with Crippen molar-refractivity contribution in [1.82, 2.24) is 9.97 Å². The first-order valence-corrected chi connectivity index (χ1v) is 8.54. The maximum Gasteiger partial charge on any atom is 0.230 e. The molecule has 2 N–H and O–H groups in total. The van der Waals surface area contributed by atoms with Crippen molar-refractivity contribution in [1.29, 1.82) is 0 Å². The van der Waals surface area contributed by atoms with E-state index in [-0.39, 0.29) is 28.8 Å². The van der Waals surface area contributed by atoms with Gasteiger partial charge in [0.15, 0.2) is 16.8 Å². The summed E-state index contributed by atoms with van der Waals surface area (Å²) in [7, 11) is 0. The molecule has 0 aliphatic carbocycles. The van der Waals surface area contributed by atoms with Crippen LogP contribution in [0.3, 0.4) is 0 Å². The number of nitrogens with one attached hydrogen (secondary N) is 2. The Hall–Kier alpha value is -2.87. The molecule has 0 aliphatic rings. The number of carbonyl (C=O) groups is 1. The fourth-order valence-corrected chi connectivity index (χ4v) is 3.77. The summed E-state index contributed by atoms with van der Waals surface area (Å²) in [4.78, 5) is 19.6. The lowest BCUT2D eigenvalue weighted by Gasteiger charge is -2.02. The van der Waals surface area contributed by atoms with Crippen molar-refractivity contribution in [3.8, 4) is 0 Å². The molecule has 2 aromatic carbocycles. The minimum absolute atomic E-state index is 0.0218. The van der Waals surface area contributed by atoms with E-state index in [0.717, 1.165) is 34.7 Å². The minimum atomic E-state index is -0.989. The third kappa shape index (κ3) is 2.92. The summed E-state index contributed by atoms with van der Waals surface area (Å²) in [5, 5.41) is 3.52. The molecule has 0 unspecified atom stereocenters. The van der Waals surface area contributed by atoms with E-state index in [1.54, 1.807) is 6.07 Å². The summed E-state index contributed by atoms with van der Waals surface area (Å²) in [6.45, 7) is 1.81. The second-order valence-corrected chi connectivity index (χ2v) is 6.93. The number of carbonyl (C=O) groups excluding carboxylic acids is 1. The number of fused-ring (bicyclic) bond motifs is 2. The van der Waals surface area contributed by atoms with Gasteiger partial charge >= 0.3 is 0 Å². The van der Waals surface area contributed by atoms with Gasteiger partial charge in [0.25, 0.3) is 0 Å². The highest BCUT2D eigenvalue weighted by Crippen LogP contribution is 2.28. The van der Waals surface area contributed by atoms with Crippen molar-refractivity contribution in [2.75, 3.05) is 5.32 Å². The van der Waals surface area contributed by atoms with E-state index in [0.29, 0.717) is 15.6 Å². The van der Waals surface area contributed by atoms with Crippen molar-refractivity contribution < 1.29 is 18.0 Å². The zero-order valence-corrected chi connectivity index (χ0v) is 14.3. The molecule has 2 heterocycles. The number of aromatic amines is 1. The fraction of sp³-hybridized carbons (Fsp3) is 0.111. The molecule has 0 fully saturated rings. The van der Waals surface area contributed by atoms with Gasteiger partial charge in [0, 0.05) is 22.7 Å². The number of H-pyrrole nitrogens is 1. The smallest absolute Gasteiger partial charge is 0.230 e. The molecule has 0 saturated heterocycles. The van der Waals surface area contributed by atoms with Crippen LogP contribution < -0.4 is 5.32 Å². The summed E-state index contributed by atoms with van der Waals surface area (Å²) in [6, 6.07) is 6.38. The molecule has 0 radical (unpaired) electrons. The Bertz CT molecular complexity index is 1130. The topological polar surface area (TPSA) is 57.8 Å². The summed E-state index contributed by atoms with van der Waals surface area (Å²) in [6.07, 6.45) is 0.0218. The highest BCUT2D eigenvalue weighted by molar-refractivity contribution is 7.22. The molecule has 0 aliphatic heterocycles. The van der Waals surface area contributed by atoms with E-state index in [4.69, 9.17) is 0 Å². The van der Waals surface area contributed by atoms with Gasteiger partial charge in [-0.25, -0.2) is 18.2 Å². The highest BCUT2D eigenvalue weighted by atomic mass is 32.1. The number of aromatic nitrogens is 2. The summed E-state index contributed by atoms with van der Waals surface area (Å²) >= 11 is 1.05. The molecule has 4 nitrogen and oxygen atoms in total. The predicted octanol–water partition coefficient (Wildman–Crippen LogP) is 4.68. The number of aryl methyl sites for hydroxylation is 1. The summed E-state index contributed by atoms with van der Waals surface area (Å²) < 4.78 is 40.5. The standard InChI is InChI=1S/C18H12F3N3OS/c1-8-10(11-4-9(19)2-3-14(11)22-8)5-17(25)24-18-23-15-6-12(20)13(21)7-16(15)26-18/h2-4,6-7,22H,5H2,1H3,(H,23,24,25). The number of nitrogens with zero attached hydrogens (tertiary/aromatic N) is 1. The van der Waals surface area contributed by atoms with Crippen LogP contribution in [0.1, 0.15) is 11.3 Å². The third-order valence-corrected chi connectivity index (χ3v) is 5.03. The van der Waals surface area contributed by atoms with E-state index in [1.165, 1.54) is 12.1 Å². The molecule has 0 atom stereocenters. The van der Waals surface area contributed by atoms with Crippen molar-refractivity contribution in [3.63, 3.8) is 0 Å². The van der Waals surface area contributed by atoms with Crippen molar-refractivity contribution in [2.45, 2.75) is 13.3 Å². The molecule has 4 aromatic rings. The molecule has 0 saturated carbocycles. The molecule has 0 bridgehead atoms. The largest absolute Gasteiger partial charge is 0.358 e. The second-order valence-electron chi connectivity index (χ2n) is 5.90. The number of thiazole rings is 1. The van der Waals surface area contributed by atoms with Crippen LogP contribution in [-0.2, 0) is 11.2 Å². The maximum atomic E-state index is 13.5. The zero-order valence-electron chi connectivity index (χ0n) is 13.5. The van der Waals surface area contributed by atoms with Crippen LogP contribution in [0.25, 0.3) is 21.1 Å². The maximum absolute atomic E-state index is 13.5. The number of benzene rings is 2. The Labute approximate surface area is 149 Å². The van der Waals surface area contributed by atoms with Crippen LogP contribution >= 0.6 is 11.3 Å².